The van der Waals surface area contributed by atoms with Gasteiger partial charge in [-0.25, -0.2) is 9.78 Å². The lowest BCUT2D eigenvalue weighted by Crippen LogP contribution is -2.07. The maximum Gasteiger partial charge on any atom is 0.339 e. The Hall–Kier alpha value is -1.43. The number of hydrogen-bond donors (Lipinski definition) is 1. The van der Waals surface area contributed by atoms with Gasteiger partial charge in [-0.3, -0.25) is 0 Å². The summed E-state index contributed by atoms with van der Waals surface area (Å²) in [5, 5.41) is 1.38. The van der Waals surface area contributed by atoms with Crippen LogP contribution in [0.5, 0.6) is 0 Å². The van der Waals surface area contributed by atoms with Gasteiger partial charge in [-0.2, -0.15) is 0 Å². The number of rotatable bonds is 4. The third-order valence-electron chi connectivity index (χ3n) is 2.48. The molecule has 0 amide bonds. The first-order chi connectivity index (χ1) is 10.0. The van der Waals surface area contributed by atoms with E-state index in [1.54, 1.807) is 31.3 Å². The Morgan fingerprint density at radius 1 is 1.38 bits per heavy atom. The van der Waals surface area contributed by atoms with Crippen LogP contribution in [0.1, 0.15) is 17.3 Å². The van der Waals surface area contributed by atoms with Crippen molar-refractivity contribution in [2.24, 2.45) is 0 Å². The Morgan fingerprint density at radius 2 is 2.14 bits per heavy atom. The molecule has 1 aromatic carbocycles. The average Bonchev–Trinajstić information content (AvgIpc) is 2.43. The van der Waals surface area contributed by atoms with Crippen molar-refractivity contribution >= 4 is 46.6 Å². The summed E-state index contributed by atoms with van der Waals surface area (Å²) >= 11 is 13.5. The number of pyridine rings is 1. The minimum Gasteiger partial charge on any atom is -0.462 e. The molecule has 0 aliphatic carbocycles. The molecular weight excluding hydrogens is 331 g/mol. The van der Waals surface area contributed by atoms with E-state index in [4.69, 9.17) is 33.7 Å². The molecule has 4 nitrogen and oxygen atoms in total. The third kappa shape index (κ3) is 3.81. The highest BCUT2D eigenvalue weighted by molar-refractivity contribution is 7.99. The minimum absolute atomic E-state index is 0.264. The molecule has 0 fully saturated rings. The number of benzene rings is 1. The fourth-order valence-corrected chi connectivity index (χ4v) is 3.08. The minimum atomic E-state index is -0.485. The SMILES string of the molecule is CCOC(=O)c1cc(N)cc(Cl)c1Sc1ncccc1Cl. The zero-order valence-electron chi connectivity index (χ0n) is 11.1. The lowest BCUT2D eigenvalue weighted by Gasteiger charge is -2.11. The van der Waals surface area contributed by atoms with Gasteiger partial charge in [-0.05, 0) is 31.2 Å². The molecule has 2 rings (SSSR count). The summed E-state index contributed by atoms with van der Waals surface area (Å²) in [6, 6.07) is 6.54. The first kappa shape index (κ1) is 15.9. The highest BCUT2D eigenvalue weighted by atomic mass is 35.5. The predicted molar refractivity (Wildman–Crippen MR) is 85.2 cm³/mol. The largest absolute Gasteiger partial charge is 0.462 e. The summed E-state index contributed by atoms with van der Waals surface area (Å²) in [7, 11) is 0. The maximum absolute atomic E-state index is 12.0. The van der Waals surface area contributed by atoms with Gasteiger partial charge in [0, 0.05) is 16.8 Å². The van der Waals surface area contributed by atoms with Crippen molar-refractivity contribution in [3.05, 3.63) is 46.1 Å². The van der Waals surface area contributed by atoms with Gasteiger partial charge in [0.05, 0.1) is 22.2 Å². The van der Waals surface area contributed by atoms with Crippen molar-refractivity contribution in [3.8, 4) is 0 Å². The molecule has 1 aromatic heterocycles. The van der Waals surface area contributed by atoms with Crippen molar-refractivity contribution in [3.63, 3.8) is 0 Å². The Balaban J connectivity index is 2.47. The van der Waals surface area contributed by atoms with E-state index in [9.17, 15) is 4.79 Å². The first-order valence-corrected chi connectivity index (χ1v) is 7.64. The van der Waals surface area contributed by atoms with Crippen LogP contribution in [0.25, 0.3) is 0 Å². The number of nitrogens with two attached hydrogens (primary N) is 1. The topological polar surface area (TPSA) is 65.2 Å². The number of aromatic nitrogens is 1. The zero-order chi connectivity index (χ0) is 15.4. The smallest absolute Gasteiger partial charge is 0.339 e. The van der Waals surface area contributed by atoms with Crippen LogP contribution in [0.4, 0.5) is 5.69 Å². The number of esters is 1. The number of carbonyl (C=O) groups is 1. The Morgan fingerprint density at radius 3 is 2.81 bits per heavy atom. The van der Waals surface area contributed by atoms with Gasteiger partial charge >= 0.3 is 5.97 Å². The number of carbonyl (C=O) groups excluding carboxylic acids is 1. The van der Waals surface area contributed by atoms with E-state index in [1.165, 1.54) is 17.8 Å². The molecule has 0 spiro atoms. The Kier molecular flexibility index (Phi) is 5.33. The predicted octanol–water partition coefficient (Wildman–Crippen LogP) is 4.30. The first-order valence-electron chi connectivity index (χ1n) is 6.07. The van der Waals surface area contributed by atoms with E-state index in [-0.39, 0.29) is 6.61 Å². The third-order valence-corrected chi connectivity index (χ3v) is 4.47. The molecule has 1 heterocycles. The number of halogens is 2. The van der Waals surface area contributed by atoms with Crippen LogP contribution in [0.15, 0.2) is 40.4 Å². The van der Waals surface area contributed by atoms with Gasteiger partial charge in [-0.15, -0.1) is 0 Å². The van der Waals surface area contributed by atoms with Gasteiger partial charge in [0.1, 0.15) is 5.03 Å². The molecule has 0 atom stereocenters. The molecule has 0 aliphatic rings. The summed E-state index contributed by atoms with van der Waals surface area (Å²) < 4.78 is 5.03. The fourth-order valence-electron chi connectivity index (χ4n) is 1.62. The van der Waals surface area contributed by atoms with Gasteiger partial charge in [0.15, 0.2) is 0 Å². The van der Waals surface area contributed by atoms with E-state index < -0.39 is 5.97 Å². The number of nitrogen functional groups attached to an aromatic ring is 1. The fraction of sp³-hybridized carbons (Fsp3) is 0.143. The average molecular weight is 343 g/mol. The Bertz CT molecular complexity index is 680. The number of hydrogen-bond acceptors (Lipinski definition) is 5. The molecule has 0 radical (unpaired) electrons. The Labute approximate surface area is 136 Å². The molecule has 110 valence electrons. The molecule has 0 bridgehead atoms. The van der Waals surface area contributed by atoms with E-state index in [0.29, 0.717) is 31.2 Å². The van der Waals surface area contributed by atoms with Crippen molar-refractivity contribution in [1.82, 2.24) is 4.98 Å². The summed E-state index contributed by atoms with van der Waals surface area (Å²) in [6.07, 6.45) is 1.61. The number of anilines is 1. The summed E-state index contributed by atoms with van der Waals surface area (Å²) in [4.78, 5) is 16.7. The standard InChI is InChI=1S/C14H12Cl2N2O2S/c1-2-20-14(19)9-6-8(17)7-11(16)12(9)21-13-10(15)4-3-5-18-13/h3-7H,2,17H2,1H3. The number of ether oxygens (including phenoxy) is 1. The van der Waals surface area contributed by atoms with Crippen molar-refractivity contribution in [2.75, 3.05) is 12.3 Å². The zero-order valence-corrected chi connectivity index (χ0v) is 13.4. The highest BCUT2D eigenvalue weighted by Crippen LogP contribution is 2.39. The van der Waals surface area contributed by atoms with E-state index in [1.807, 2.05) is 0 Å². The molecule has 2 aromatic rings. The van der Waals surface area contributed by atoms with Crippen LogP contribution in [0.2, 0.25) is 10.0 Å². The lowest BCUT2D eigenvalue weighted by atomic mass is 10.2. The van der Waals surface area contributed by atoms with E-state index >= 15 is 0 Å². The number of nitrogens with zero attached hydrogens (tertiary/aromatic N) is 1. The molecule has 2 N–H and O–H groups in total. The summed E-state index contributed by atoms with van der Waals surface area (Å²) in [6.45, 7) is 1.99. The second-order valence-corrected chi connectivity index (χ2v) is 5.81. The van der Waals surface area contributed by atoms with E-state index in [0.717, 1.165) is 0 Å². The van der Waals surface area contributed by atoms with E-state index in [2.05, 4.69) is 4.98 Å². The van der Waals surface area contributed by atoms with Crippen LogP contribution in [0.3, 0.4) is 0 Å². The van der Waals surface area contributed by atoms with Gasteiger partial charge < -0.3 is 10.5 Å². The summed E-state index contributed by atoms with van der Waals surface area (Å²) in [5.74, 6) is -0.485. The normalized spacial score (nSPS) is 10.4. The molecule has 21 heavy (non-hydrogen) atoms. The van der Waals surface area contributed by atoms with Crippen LogP contribution in [-0.4, -0.2) is 17.6 Å². The molecule has 0 aliphatic heterocycles. The molecular formula is C14H12Cl2N2O2S. The monoisotopic (exact) mass is 342 g/mol. The van der Waals surface area contributed by atoms with Gasteiger partial charge in [0.25, 0.3) is 0 Å². The van der Waals surface area contributed by atoms with Gasteiger partial charge in [0.2, 0.25) is 0 Å². The van der Waals surface area contributed by atoms with Crippen LogP contribution in [-0.2, 0) is 4.74 Å². The molecule has 0 saturated heterocycles. The molecule has 0 unspecified atom stereocenters. The van der Waals surface area contributed by atoms with Crippen LogP contribution in [0, 0.1) is 0 Å². The highest BCUT2D eigenvalue weighted by Gasteiger charge is 2.19. The van der Waals surface area contributed by atoms with Crippen LogP contribution >= 0.6 is 35.0 Å². The second-order valence-electron chi connectivity index (χ2n) is 3.99. The van der Waals surface area contributed by atoms with Crippen molar-refractivity contribution in [2.45, 2.75) is 16.8 Å². The summed E-state index contributed by atoms with van der Waals surface area (Å²) in [5.41, 5.74) is 6.43. The van der Waals surface area contributed by atoms with Crippen molar-refractivity contribution in [1.29, 1.82) is 0 Å². The van der Waals surface area contributed by atoms with Crippen LogP contribution < -0.4 is 5.73 Å². The molecule has 7 heteroatoms. The molecule has 0 saturated carbocycles. The van der Waals surface area contributed by atoms with Gasteiger partial charge in [-0.1, -0.05) is 35.0 Å². The maximum atomic E-state index is 12.0. The second kappa shape index (κ2) is 7.02. The van der Waals surface area contributed by atoms with Crippen molar-refractivity contribution < 1.29 is 9.53 Å². The quantitative estimate of drug-likeness (QED) is 0.662. The lowest BCUT2D eigenvalue weighted by molar-refractivity contribution is 0.0522.